The van der Waals surface area contributed by atoms with Gasteiger partial charge in [0, 0.05) is 6.54 Å². The Balaban J connectivity index is 3.95. The zero-order chi connectivity index (χ0) is 13.1. The van der Waals surface area contributed by atoms with Gasteiger partial charge in [0.05, 0.1) is 6.54 Å². The highest BCUT2D eigenvalue weighted by Gasteiger charge is 2.11. The van der Waals surface area contributed by atoms with Crippen LogP contribution in [0.15, 0.2) is 12.7 Å². The molecule has 0 fully saturated rings. The van der Waals surface area contributed by atoms with E-state index in [1.165, 1.54) is 0 Å². The molecule has 0 heterocycles. The van der Waals surface area contributed by atoms with Crippen LogP contribution < -0.4 is 10.6 Å². The third-order valence-corrected chi connectivity index (χ3v) is 2.11. The fourth-order valence-electron chi connectivity index (χ4n) is 1.48. The van der Waals surface area contributed by atoms with Gasteiger partial charge in [-0.2, -0.15) is 0 Å². The Morgan fingerprint density at radius 3 is 2.29 bits per heavy atom. The molecule has 3 amide bonds. The number of amides is 3. The van der Waals surface area contributed by atoms with Crippen molar-refractivity contribution < 1.29 is 9.59 Å². The summed E-state index contributed by atoms with van der Waals surface area (Å²) in [6.07, 6.45) is 3.55. The van der Waals surface area contributed by atoms with E-state index in [2.05, 4.69) is 31.1 Å². The predicted molar refractivity (Wildman–Crippen MR) is 68.8 cm³/mol. The van der Waals surface area contributed by atoms with Crippen LogP contribution in [0.2, 0.25) is 0 Å². The fraction of sp³-hybridized carbons (Fsp3) is 0.667. The molecule has 0 bridgehead atoms. The van der Waals surface area contributed by atoms with Gasteiger partial charge in [-0.1, -0.05) is 19.9 Å². The van der Waals surface area contributed by atoms with Gasteiger partial charge in [-0.25, -0.2) is 4.79 Å². The largest absolute Gasteiger partial charge is 0.334 e. The Morgan fingerprint density at radius 2 is 1.82 bits per heavy atom. The van der Waals surface area contributed by atoms with Gasteiger partial charge in [0.2, 0.25) is 5.91 Å². The molecule has 0 aromatic heterocycles. The van der Waals surface area contributed by atoms with E-state index in [1.807, 2.05) is 4.90 Å². The van der Waals surface area contributed by atoms with Crippen molar-refractivity contribution in [2.24, 2.45) is 0 Å². The van der Waals surface area contributed by atoms with E-state index in [9.17, 15) is 9.59 Å². The molecule has 0 aliphatic carbocycles. The molecule has 0 aromatic rings. The zero-order valence-corrected chi connectivity index (χ0v) is 10.8. The number of carbonyl (C=O) groups excluding carboxylic acids is 2. The number of urea groups is 1. The minimum Gasteiger partial charge on any atom is -0.334 e. The smallest absolute Gasteiger partial charge is 0.321 e. The summed E-state index contributed by atoms with van der Waals surface area (Å²) in [5, 5.41) is 4.78. The highest BCUT2D eigenvalue weighted by molar-refractivity contribution is 5.95. The van der Waals surface area contributed by atoms with Crippen LogP contribution in [-0.4, -0.2) is 43.0 Å². The first kappa shape index (κ1) is 15.6. The Bertz CT molecular complexity index is 248. The number of nitrogens with zero attached hydrogens (tertiary/aromatic N) is 1. The van der Waals surface area contributed by atoms with E-state index < -0.39 is 6.03 Å². The molecule has 98 valence electrons. The van der Waals surface area contributed by atoms with Crippen molar-refractivity contribution >= 4 is 11.9 Å². The maximum atomic E-state index is 11.5. The second kappa shape index (κ2) is 9.84. The quantitative estimate of drug-likeness (QED) is 0.626. The van der Waals surface area contributed by atoms with Crippen molar-refractivity contribution in [1.82, 2.24) is 15.5 Å². The first-order valence-electron chi connectivity index (χ1n) is 6.04. The highest BCUT2D eigenvalue weighted by Crippen LogP contribution is 1.93. The molecule has 0 rings (SSSR count). The number of hydrogen-bond donors (Lipinski definition) is 2. The minimum absolute atomic E-state index is 0.267. The number of hydrogen-bond acceptors (Lipinski definition) is 3. The molecule has 0 unspecified atom stereocenters. The maximum absolute atomic E-state index is 11.5. The first-order valence-corrected chi connectivity index (χ1v) is 6.04. The van der Waals surface area contributed by atoms with Gasteiger partial charge < -0.3 is 5.32 Å². The van der Waals surface area contributed by atoms with Crippen molar-refractivity contribution in [2.75, 3.05) is 26.2 Å². The molecule has 5 heteroatoms. The maximum Gasteiger partial charge on any atom is 0.321 e. The standard InChI is InChI=1S/C12H23N3O2/c1-4-7-13-12(17)14-11(16)10-15(8-5-2)9-6-3/h4H,1,5-10H2,2-3H3,(H2,13,14,16,17). The Kier molecular flexibility index (Phi) is 9.05. The zero-order valence-electron chi connectivity index (χ0n) is 10.8. The molecule has 0 spiro atoms. The van der Waals surface area contributed by atoms with Crippen molar-refractivity contribution in [3.63, 3.8) is 0 Å². The van der Waals surface area contributed by atoms with Gasteiger partial charge in [0.15, 0.2) is 0 Å². The predicted octanol–water partition coefficient (Wildman–Crippen LogP) is 1.12. The van der Waals surface area contributed by atoms with Gasteiger partial charge in [-0.15, -0.1) is 6.58 Å². The second-order valence-electron chi connectivity index (χ2n) is 3.82. The lowest BCUT2D eigenvalue weighted by Gasteiger charge is -2.19. The number of imide groups is 1. The van der Waals surface area contributed by atoms with E-state index in [0.717, 1.165) is 25.9 Å². The summed E-state index contributed by atoms with van der Waals surface area (Å²) < 4.78 is 0. The lowest BCUT2D eigenvalue weighted by Crippen LogP contribution is -2.44. The van der Waals surface area contributed by atoms with Crippen molar-refractivity contribution in [1.29, 1.82) is 0 Å². The Hall–Kier alpha value is -1.36. The van der Waals surface area contributed by atoms with Crippen molar-refractivity contribution in [2.45, 2.75) is 26.7 Å². The number of rotatable bonds is 8. The van der Waals surface area contributed by atoms with Crippen LogP contribution >= 0.6 is 0 Å². The minimum atomic E-state index is -0.470. The van der Waals surface area contributed by atoms with Gasteiger partial charge in [-0.05, 0) is 25.9 Å². The summed E-state index contributed by atoms with van der Waals surface area (Å²) in [4.78, 5) is 24.8. The molecule has 0 radical (unpaired) electrons. The Morgan fingerprint density at radius 1 is 1.24 bits per heavy atom. The highest BCUT2D eigenvalue weighted by atomic mass is 16.2. The fourth-order valence-corrected chi connectivity index (χ4v) is 1.48. The van der Waals surface area contributed by atoms with Crippen molar-refractivity contribution in [3.8, 4) is 0 Å². The normalized spacial score (nSPS) is 10.1. The van der Waals surface area contributed by atoms with Crippen LogP contribution in [0.3, 0.4) is 0 Å². The third-order valence-electron chi connectivity index (χ3n) is 2.11. The summed E-state index contributed by atoms with van der Waals surface area (Å²) in [6, 6.07) is -0.470. The van der Waals surface area contributed by atoms with Crippen molar-refractivity contribution in [3.05, 3.63) is 12.7 Å². The van der Waals surface area contributed by atoms with Crippen LogP contribution in [0.1, 0.15) is 26.7 Å². The van der Waals surface area contributed by atoms with E-state index in [-0.39, 0.29) is 12.5 Å². The van der Waals surface area contributed by atoms with Gasteiger partial charge >= 0.3 is 6.03 Å². The Labute approximate surface area is 103 Å². The molecule has 0 saturated heterocycles. The van der Waals surface area contributed by atoms with Crippen LogP contribution in [0.25, 0.3) is 0 Å². The van der Waals surface area contributed by atoms with E-state index in [4.69, 9.17) is 0 Å². The number of carbonyl (C=O) groups is 2. The van der Waals surface area contributed by atoms with Gasteiger partial charge in [0.25, 0.3) is 0 Å². The second-order valence-corrected chi connectivity index (χ2v) is 3.82. The van der Waals surface area contributed by atoms with Crippen LogP contribution in [0.4, 0.5) is 4.79 Å². The summed E-state index contributed by atoms with van der Waals surface area (Å²) in [7, 11) is 0. The van der Waals surface area contributed by atoms with Crippen LogP contribution in [0, 0.1) is 0 Å². The molecule has 0 aromatic carbocycles. The topological polar surface area (TPSA) is 61.4 Å². The third kappa shape index (κ3) is 8.45. The molecule has 0 saturated carbocycles. The van der Waals surface area contributed by atoms with Crippen LogP contribution in [-0.2, 0) is 4.79 Å². The summed E-state index contributed by atoms with van der Waals surface area (Å²) in [5.41, 5.74) is 0. The summed E-state index contributed by atoms with van der Waals surface area (Å²) in [5.74, 6) is -0.270. The SMILES string of the molecule is C=CCNC(=O)NC(=O)CN(CCC)CCC. The summed E-state index contributed by atoms with van der Waals surface area (Å²) in [6.45, 7) is 9.97. The lowest BCUT2D eigenvalue weighted by atomic mass is 10.3. The molecule has 5 nitrogen and oxygen atoms in total. The molecule has 0 aliphatic heterocycles. The molecular weight excluding hydrogens is 218 g/mol. The van der Waals surface area contributed by atoms with E-state index in [1.54, 1.807) is 6.08 Å². The molecular formula is C12H23N3O2. The average molecular weight is 241 g/mol. The van der Waals surface area contributed by atoms with E-state index in [0.29, 0.717) is 6.54 Å². The molecule has 0 atom stereocenters. The number of nitrogens with one attached hydrogen (secondary N) is 2. The van der Waals surface area contributed by atoms with Gasteiger partial charge in [-0.3, -0.25) is 15.0 Å². The van der Waals surface area contributed by atoms with Crippen LogP contribution in [0.5, 0.6) is 0 Å². The molecule has 17 heavy (non-hydrogen) atoms. The average Bonchev–Trinajstić information content (AvgIpc) is 2.26. The van der Waals surface area contributed by atoms with Gasteiger partial charge in [0.1, 0.15) is 0 Å². The molecule has 2 N–H and O–H groups in total. The first-order chi connectivity index (χ1) is 8.13. The summed E-state index contributed by atoms with van der Waals surface area (Å²) >= 11 is 0. The monoisotopic (exact) mass is 241 g/mol. The van der Waals surface area contributed by atoms with E-state index >= 15 is 0 Å². The lowest BCUT2D eigenvalue weighted by molar-refractivity contribution is -0.121. The molecule has 0 aliphatic rings.